The zero-order chi connectivity index (χ0) is 27.2. The number of aryl methyl sites for hydroxylation is 2. The number of benzene rings is 2. The van der Waals surface area contributed by atoms with E-state index in [1.165, 1.54) is 26.2 Å². The monoisotopic (exact) mass is 563 g/mol. The average molecular weight is 564 g/mol. The smallest absolute Gasteiger partial charge is 0.240 e. The number of phenols is 1. The Morgan fingerprint density at radius 1 is 0.973 bits per heavy atom. The van der Waals surface area contributed by atoms with Gasteiger partial charge in [0.1, 0.15) is 11.4 Å². The molecule has 0 aliphatic rings. The molecule has 4 aromatic rings. The van der Waals surface area contributed by atoms with Crippen LogP contribution in [0.4, 0.5) is 17.3 Å². The summed E-state index contributed by atoms with van der Waals surface area (Å²) in [4.78, 5) is 11.6. The largest absolute Gasteiger partial charge is 0.506 e. The maximum atomic E-state index is 11.3. The summed E-state index contributed by atoms with van der Waals surface area (Å²) in [5.74, 6) is 0.0702. The number of halogens is 2. The number of nitrogens with one attached hydrogen (secondary N) is 2. The van der Waals surface area contributed by atoms with Crippen molar-refractivity contribution in [3.05, 3.63) is 70.5 Å². The van der Waals surface area contributed by atoms with Crippen molar-refractivity contribution in [1.29, 1.82) is 0 Å². The number of hydrogen-bond acceptors (Lipinski definition) is 10. The molecule has 0 bridgehead atoms. The van der Waals surface area contributed by atoms with Crippen molar-refractivity contribution in [2.75, 3.05) is 19.4 Å². The van der Waals surface area contributed by atoms with Crippen LogP contribution in [0.5, 0.6) is 5.75 Å². The minimum Gasteiger partial charge on any atom is -0.506 e. The highest BCUT2D eigenvalue weighted by atomic mass is 35.5. The zero-order valence-corrected chi connectivity index (χ0v) is 22.5. The Hall–Kier alpha value is -3.65. The summed E-state index contributed by atoms with van der Waals surface area (Å²) in [6.07, 6.45) is 0. The molecule has 0 spiro atoms. The first kappa shape index (κ1) is 27.9. The summed E-state index contributed by atoms with van der Waals surface area (Å²) in [6, 6.07) is 13.6. The van der Waals surface area contributed by atoms with E-state index in [1.807, 2.05) is 48.9 Å². The highest BCUT2D eigenvalue weighted by Gasteiger charge is 2.13. The lowest BCUT2D eigenvalue weighted by molar-refractivity contribution is 0.474. The van der Waals surface area contributed by atoms with E-state index in [9.17, 15) is 13.5 Å². The molecule has 15 heteroatoms. The number of aromatic hydroxyl groups is 1. The maximum absolute atomic E-state index is 11.3. The predicted molar refractivity (Wildman–Crippen MR) is 141 cm³/mol. The van der Waals surface area contributed by atoms with Crippen LogP contribution in [0.1, 0.15) is 11.4 Å². The molecule has 0 atom stereocenters. The minimum absolute atomic E-state index is 0.0162. The van der Waals surface area contributed by atoms with Crippen LogP contribution in [-0.4, -0.2) is 52.4 Å². The third-order valence-electron chi connectivity index (χ3n) is 4.69. The van der Waals surface area contributed by atoms with Crippen LogP contribution < -0.4 is 10.0 Å². The lowest BCUT2D eigenvalue weighted by atomic mass is 10.2. The molecule has 12 nitrogen and oxygen atoms in total. The van der Waals surface area contributed by atoms with Crippen LogP contribution >= 0.6 is 23.2 Å². The van der Waals surface area contributed by atoms with E-state index in [1.54, 1.807) is 0 Å². The number of rotatable bonds is 6. The van der Waals surface area contributed by atoms with Crippen molar-refractivity contribution in [1.82, 2.24) is 29.5 Å². The lowest BCUT2D eigenvalue weighted by Gasteiger charge is -2.07. The van der Waals surface area contributed by atoms with E-state index >= 15 is 0 Å². The molecule has 0 aliphatic heterocycles. The molecular formula is C22H23Cl2N9O3S. The molecule has 2 heterocycles. The Labute approximate surface area is 223 Å². The minimum atomic E-state index is -3.53. The van der Waals surface area contributed by atoms with Gasteiger partial charge in [0.05, 0.1) is 16.3 Å². The van der Waals surface area contributed by atoms with E-state index in [2.05, 4.69) is 40.3 Å². The van der Waals surface area contributed by atoms with E-state index in [-0.39, 0.29) is 26.9 Å². The number of azo groups is 1. The highest BCUT2D eigenvalue weighted by Crippen LogP contribution is 2.29. The lowest BCUT2D eigenvalue weighted by Crippen LogP contribution is -2.18. The predicted octanol–water partition coefficient (Wildman–Crippen LogP) is 4.74. The van der Waals surface area contributed by atoms with Crippen LogP contribution in [0.3, 0.4) is 0 Å². The maximum Gasteiger partial charge on any atom is 0.240 e. The average Bonchev–Trinajstić information content (AvgIpc) is 3.18. The number of aromatic nitrogens is 5. The molecule has 194 valence electrons. The molecule has 0 amide bonds. The molecule has 2 aromatic carbocycles. The molecule has 0 saturated heterocycles. The van der Waals surface area contributed by atoms with Gasteiger partial charge in [0.2, 0.25) is 26.5 Å². The van der Waals surface area contributed by atoms with Gasteiger partial charge in [0.15, 0.2) is 0 Å². The van der Waals surface area contributed by atoms with Crippen LogP contribution in [-0.2, 0) is 10.0 Å². The Balaban J connectivity index is 0.000000222. The second-order valence-electron chi connectivity index (χ2n) is 7.37. The first-order valence-corrected chi connectivity index (χ1v) is 12.8. The Morgan fingerprint density at radius 2 is 1.62 bits per heavy atom. The molecule has 37 heavy (non-hydrogen) atoms. The molecule has 0 saturated carbocycles. The molecule has 0 aliphatic carbocycles. The van der Waals surface area contributed by atoms with Gasteiger partial charge in [-0.3, -0.25) is 0 Å². The summed E-state index contributed by atoms with van der Waals surface area (Å²) in [6.45, 7) is 3.98. The second kappa shape index (κ2) is 12.1. The van der Waals surface area contributed by atoms with Gasteiger partial charge in [-0.2, -0.15) is 30.3 Å². The zero-order valence-electron chi connectivity index (χ0n) is 20.2. The summed E-state index contributed by atoms with van der Waals surface area (Å²) < 4.78 is 26.7. The first-order valence-electron chi connectivity index (χ1n) is 10.6. The Bertz CT molecular complexity index is 1500. The van der Waals surface area contributed by atoms with Crippen molar-refractivity contribution < 1.29 is 13.5 Å². The standard InChI is InChI=1S/C14H12Cl2N6.C8H11N3O3S/c1-8-7-9(2)22(21-8)11-5-3-10(4-6-11)17-14-19-12(15)18-13(16)20-14;1-9-11-7-4-3-6(5-8(7)12)15(13,14)10-2/h3-7H,1-2H3,(H,17,18,19,20);3-5,10,12H,1-2H3. The van der Waals surface area contributed by atoms with Gasteiger partial charge >= 0.3 is 0 Å². The van der Waals surface area contributed by atoms with Gasteiger partial charge < -0.3 is 10.4 Å². The van der Waals surface area contributed by atoms with Crippen LogP contribution in [0, 0.1) is 13.8 Å². The van der Waals surface area contributed by atoms with E-state index in [4.69, 9.17) is 23.2 Å². The van der Waals surface area contributed by atoms with E-state index < -0.39 is 10.0 Å². The fraction of sp³-hybridized carbons (Fsp3) is 0.182. The van der Waals surface area contributed by atoms with Gasteiger partial charge in [-0.25, -0.2) is 17.8 Å². The van der Waals surface area contributed by atoms with E-state index in [0.29, 0.717) is 5.95 Å². The summed E-state index contributed by atoms with van der Waals surface area (Å²) in [7, 11) is -0.781. The molecule has 0 fully saturated rings. The van der Waals surface area contributed by atoms with Gasteiger partial charge in [-0.1, -0.05) is 0 Å². The van der Waals surface area contributed by atoms with Crippen molar-refractivity contribution >= 4 is 50.5 Å². The van der Waals surface area contributed by atoms with Gasteiger partial charge in [0.25, 0.3) is 0 Å². The normalized spacial score (nSPS) is 11.3. The molecule has 0 radical (unpaired) electrons. The summed E-state index contributed by atoms with van der Waals surface area (Å²) >= 11 is 11.5. The molecule has 4 rings (SSSR count). The highest BCUT2D eigenvalue weighted by molar-refractivity contribution is 7.89. The number of nitrogens with zero attached hydrogens (tertiary/aromatic N) is 7. The van der Waals surface area contributed by atoms with Crippen LogP contribution in [0.15, 0.2) is 63.7 Å². The van der Waals surface area contributed by atoms with Gasteiger partial charge in [0, 0.05) is 24.5 Å². The van der Waals surface area contributed by atoms with Crippen molar-refractivity contribution in [3.63, 3.8) is 0 Å². The fourth-order valence-electron chi connectivity index (χ4n) is 3.07. The van der Waals surface area contributed by atoms with Gasteiger partial charge in [-0.05, 0) is 86.6 Å². The topological polar surface area (TPSA) is 160 Å². The molecular weight excluding hydrogens is 541 g/mol. The van der Waals surface area contributed by atoms with Crippen LogP contribution in [0.25, 0.3) is 5.69 Å². The second-order valence-corrected chi connectivity index (χ2v) is 9.93. The number of phenolic OH excluding ortho intramolecular Hbond substituents is 1. The van der Waals surface area contributed by atoms with Crippen molar-refractivity contribution in [3.8, 4) is 11.4 Å². The Kier molecular flexibility index (Phi) is 9.10. The van der Waals surface area contributed by atoms with Gasteiger partial charge in [-0.15, -0.1) is 0 Å². The molecule has 3 N–H and O–H groups in total. The van der Waals surface area contributed by atoms with E-state index in [0.717, 1.165) is 28.8 Å². The molecule has 2 aromatic heterocycles. The first-order chi connectivity index (χ1) is 17.5. The SMILES string of the molecule is CN=Nc1ccc(S(=O)(=O)NC)cc1O.Cc1cc(C)n(-c2ccc(Nc3nc(Cl)nc(Cl)n3)cc2)n1. The fourth-order valence-corrected chi connectivity index (χ4v) is 4.18. The summed E-state index contributed by atoms with van der Waals surface area (Å²) in [5.41, 5.74) is 4.07. The number of hydrogen-bond donors (Lipinski definition) is 3. The van der Waals surface area contributed by atoms with Crippen LogP contribution in [0.2, 0.25) is 10.6 Å². The third kappa shape index (κ3) is 7.43. The quantitative estimate of drug-likeness (QED) is 0.283. The van der Waals surface area contributed by atoms with Crippen molar-refractivity contribution in [2.45, 2.75) is 18.7 Å². The summed E-state index contributed by atoms with van der Waals surface area (Å²) in [5, 5.41) is 24.1. The Morgan fingerprint density at radius 3 is 2.14 bits per heavy atom. The molecule has 0 unspecified atom stereocenters. The van der Waals surface area contributed by atoms with Crippen molar-refractivity contribution in [2.24, 2.45) is 10.2 Å². The number of anilines is 2. The third-order valence-corrected chi connectivity index (χ3v) is 6.44. The number of sulfonamides is 1.